The van der Waals surface area contributed by atoms with Crippen LogP contribution in [-0.4, -0.2) is 63.2 Å². The van der Waals surface area contributed by atoms with Crippen LogP contribution < -0.4 is 0 Å². The largest absolute Gasteiger partial charge is 0.346 e. The van der Waals surface area contributed by atoms with E-state index in [4.69, 9.17) is 0 Å². The molecule has 1 atom stereocenters. The molecular formula is C19H27N5O2. The number of likely N-dealkylation sites (tertiary alicyclic amines) is 1. The number of nitrogens with zero attached hydrogens (tertiary/aromatic N) is 4. The number of fused-ring (bicyclic) bond motifs is 1. The standard InChI is InChI=1S/C19H27N5O2/c1-13(2)9-16(25)23(3)10-14-5-4-8-24(11-14)19(26)17-15-6-7-20-18(15)22-12-21-17/h6-7,12-14H,4-5,8-11H2,1-3H3,(H,20,21,22). The van der Waals surface area contributed by atoms with Gasteiger partial charge in [0.25, 0.3) is 5.91 Å². The fourth-order valence-electron chi connectivity index (χ4n) is 3.59. The molecule has 0 spiro atoms. The van der Waals surface area contributed by atoms with Crippen molar-refractivity contribution in [2.45, 2.75) is 33.1 Å². The predicted octanol–water partition coefficient (Wildman–Crippen LogP) is 2.31. The Morgan fingerprint density at radius 2 is 2.19 bits per heavy atom. The number of hydrogen-bond donors (Lipinski definition) is 1. The molecule has 7 heteroatoms. The Bertz CT molecular complexity index is 785. The van der Waals surface area contributed by atoms with Gasteiger partial charge in [-0.1, -0.05) is 13.8 Å². The third-order valence-electron chi connectivity index (χ3n) is 4.90. The Morgan fingerprint density at radius 1 is 1.38 bits per heavy atom. The molecule has 3 rings (SSSR count). The van der Waals surface area contributed by atoms with Crippen LogP contribution in [0.2, 0.25) is 0 Å². The van der Waals surface area contributed by atoms with Gasteiger partial charge in [-0.15, -0.1) is 0 Å². The van der Waals surface area contributed by atoms with Gasteiger partial charge in [0.15, 0.2) is 0 Å². The maximum Gasteiger partial charge on any atom is 0.273 e. The summed E-state index contributed by atoms with van der Waals surface area (Å²) in [5.41, 5.74) is 1.12. The molecule has 1 fully saturated rings. The van der Waals surface area contributed by atoms with Crippen LogP contribution in [0.5, 0.6) is 0 Å². The number of piperidine rings is 1. The highest BCUT2D eigenvalue weighted by molar-refractivity contribution is 6.03. The fourth-order valence-corrected chi connectivity index (χ4v) is 3.59. The van der Waals surface area contributed by atoms with E-state index in [-0.39, 0.29) is 11.8 Å². The third kappa shape index (κ3) is 4.03. The van der Waals surface area contributed by atoms with Crippen molar-refractivity contribution >= 4 is 22.8 Å². The van der Waals surface area contributed by atoms with Crippen molar-refractivity contribution in [3.8, 4) is 0 Å². The maximum absolute atomic E-state index is 13.0. The number of amides is 2. The van der Waals surface area contributed by atoms with Crippen molar-refractivity contribution < 1.29 is 9.59 Å². The first-order valence-corrected chi connectivity index (χ1v) is 9.27. The molecule has 1 aliphatic rings. The monoisotopic (exact) mass is 357 g/mol. The number of aromatic amines is 1. The van der Waals surface area contributed by atoms with E-state index in [1.54, 1.807) is 6.20 Å². The molecule has 0 saturated carbocycles. The molecule has 1 saturated heterocycles. The van der Waals surface area contributed by atoms with Gasteiger partial charge < -0.3 is 14.8 Å². The minimum absolute atomic E-state index is 0.0575. The molecule has 1 N–H and O–H groups in total. The summed E-state index contributed by atoms with van der Waals surface area (Å²) in [6.45, 7) is 6.19. The van der Waals surface area contributed by atoms with Gasteiger partial charge in [-0.25, -0.2) is 9.97 Å². The van der Waals surface area contributed by atoms with Crippen LogP contribution in [0.1, 0.15) is 43.6 Å². The first-order chi connectivity index (χ1) is 12.5. The van der Waals surface area contributed by atoms with Crippen molar-refractivity contribution in [1.82, 2.24) is 24.8 Å². The summed E-state index contributed by atoms with van der Waals surface area (Å²) in [6.07, 6.45) is 5.74. The van der Waals surface area contributed by atoms with Gasteiger partial charge in [-0.05, 0) is 30.7 Å². The van der Waals surface area contributed by atoms with Gasteiger partial charge in [0.1, 0.15) is 17.7 Å². The van der Waals surface area contributed by atoms with Gasteiger partial charge in [-0.2, -0.15) is 0 Å². The number of hydrogen-bond acceptors (Lipinski definition) is 4. The van der Waals surface area contributed by atoms with Crippen LogP contribution in [0, 0.1) is 11.8 Å². The lowest BCUT2D eigenvalue weighted by atomic mass is 9.96. The Labute approximate surface area is 153 Å². The van der Waals surface area contributed by atoms with Gasteiger partial charge in [0.05, 0.1) is 5.39 Å². The number of carbonyl (C=O) groups excluding carboxylic acids is 2. The summed E-state index contributed by atoms with van der Waals surface area (Å²) in [5, 5.41) is 0.754. The van der Waals surface area contributed by atoms with Crippen LogP contribution in [-0.2, 0) is 4.79 Å². The smallest absolute Gasteiger partial charge is 0.273 e. The van der Waals surface area contributed by atoms with E-state index in [0.717, 1.165) is 24.8 Å². The van der Waals surface area contributed by atoms with E-state index in [9.17, 15) is 9.59 Å². The molecule has 140 valence electrons. The Kier molecular flexibility index (Phi) is 5.54. The van der Waals surface area contributed by atoms with Crippen molar-refractivity contribution in [2.24, 2.45) is 11.8 Å². The van der Waals surface area contributed by atoms with E-state index in [1.165, 1.54) is 6.33 Å². The van der Waals surface area contributed by atoms with Crippen molar-refractivity contribution in [2.75, 3.05) is 26.7 Å². The lowest BCUT2D eigenvalue weighted by Crippen LogP contribution is -2.44. The van der Waals surface area contributed by atoms with Crippen molar-refractivity contribution in [3.63, 3.8) is 0 Å². The van der Waals surface area contributed by atoms with Gasteiger partial charge >= 0.3 is 0 Å². The molecule has 2 amide bonds. The molecule has 1 aliphatic heterocycles. The van der Waals surface area contributed by atoms with E-state index in [1.807, 2.05) is 22.9 Å². The molecule has 2 aromatic heterocycles. The Morgan fingerprint density at radius 3 is 2.96 bits per heavy atom. The zero-order valence-electron chi connectivity index (χ0n) is 15.7. The van der Waals surface area contributed by atoms with Crippen LogP contribution in [0.3, 0.4) is 0 Å². The quantitative estimate of drug-likeness (QED) is 0.890. The average Bonchev–Trinajstić information content (AvgIpc) is 3.09. The first kappa shape index (κ1) is 18.4. The molecule has 0 radical (unpaired) electrons. The Balaban J connectivity index is 1.65. The SMILES string of the molecule is CC(C)CC(=O)N(C)CC1CCCN(C(=O)c2ncnc3[nH]ccc23)C1. The minimum Gasteiger partial charge on any atom is -0.346 e. The molecule has 7 nitrogen and oxygen atoms in total. The number of rotatable bonds is 5. The maximum atomic E-state index is 13.0. The molecule has 2 aromatic rings. The highest BCUT2D eigenvalue weighted by Crippen LogP contribution is 2.22. The minimum atomic E-state index is -0.0575. The molecule has 3 heterocycles. The molecule has 1 unspecified atom stereocenters. The van der Waals surface area contributed by atoms with E-state index in [0.29, 0.717) is 42.7 Å². The summed E-state index contributed by atoms with van der Waals surface area (Å²) < 4.78 is 0. The number of H-pyrrole nitrogens is 1. The number of aromatic nitrogens is 3. The van der Waals surface area contributed by atoms with Gasteiger partial charge in [0, 0.05) is 39.3 Å². The lowest BCUT2D eigenvalue weighted by molar-refractivity contribution is -0.131. The third-order valence-corrected chi connectivity index (χ3v) is 4.90. The molecule has 0 aromatic carbocycles. The van der Waals surface area contributed by atoms with E-state index >= 15 is 0 Å². The van der Waals surface area contributed by atoms with E-state index in [2.05, 4.69) is 28.8 Å². The number of carbonyl (C=O) groups is 2. The molecular weight excluding hydrogens is 330 g/mol. The molecule has 0 aliphatic carbocycles. The normalized spacial score (nSPS) is 17.7. The second-order valence-corrected chi connectivity index (χ2v) is 7.59. The van der Waals surface area contributed by atoms with Crippen LogP contribution in [0.4, 0.5) is 0 Å². The zero-order chi connectivity index (χ0) is 18.7. The van der Waals surface area contributed by atoms with E-state index < -0.39 is 0 Å². The first-order valence-electron chi connectivity index (χ1n) is 9.27. The summed E-state index contributed by atoms with van der Waals surface area (Å²) in [7, 11) is 1.86. The summed E-state index contributed by atoms with van der Waals surface area (Å²) in [6, 6.07) is 1.84. The second-order valence-electron chi connectivity index (χ2n) is 7.59. The topological polar surface area (TPSA) is 82.2 Å². The summed E-state index contributed by atoms with van der Waals surface area (Å²) >= 11 is 0. The predicted molar refractivity (Wildman–Crippen MR) is 99.6 cm³/mol. The van der Waals surface area contributed by atoms with Crippen molar-refractivity contribution in [1.29, 1.82) is 0 Å². The number of nitrogens with one attached hydrogen (secondary N) is 1. The van der Waals surface area contributed by atoms with Gasteiger partial charge in [-0.3, -0.25) is 9.59 Å². The summed E-state index contributed by atoms with van der Waals surface area (Å²) in [5.74, 6) is 0.777. The molecule has 0 bridgehead atoms. The van der Waals surface area contributed by atoms with Crippen LogP contribution in [0.15, 0.2) is 18.6 Å². The van der Waals surface area contributed by atoms with Crippen LogP contribution in [0.25, 0.3) is 11.0 Å². The fraction of sp³-hybridized carbons (Fsp3) is 0.579. The van der Waals surface area contributed by atoms with Crippen molar-refractivity contribution in [3.05, 3.63) is 24.3 Å². The molecule has 26 heavy (non-hydrogen) atoms. The summed E-state index contributed by atoms with van der Waals surface area (Å²) in [4.78, 5) is 40.2. The highest BCUT2D eigenvalue weighted by Gasteiger charge is 2.28. The highest BCUT2D eigenvalue weighted by atomic mass is 16.2. The average molecular weight is 357 g/mol. The lowest BCUT2D eigenvalue weighted by Gasteiger charge is -2.34. The zero-order valence-corrected chi connectivity index (χ0v) is 15.7. The van der Waals surface area contributed by atoms with Crippen LogP contribution >= 0.6 is 0 Å². The second kappa shape index (κ2) is 7.85. The Hall–Kier alpha value is -2.44. The van der Waals surface area contributed by atoms with Gasteiger partial charge in [0.2, 0.25) is 5.91 Å².